The van der Waals surface area contributed by atoms with E-state index in [1.165, 1.54) is 0 Å². The standard InChI is InChI=1S/C19H25N3O2/c20-13-17(14-5-2-1-3-6-14)18-7-4-12-22(18)19(24)21-15-8-10-16(23)11-9-15/h1-3,5-6,15-18,23H,4,7-12H2,(H,21,24). The van der Waals surface area contributed by atoms with E-state index in [0.717, 1.165) is 44.1 Å². The predicted octanol–water partition coefficient (Wildman–Crippen LogP) is 2.77. The van der Waals surface area contributed by atoms with Gasteiger partial charge in [-0.05, 0) is 44.1 Å². The molecule has 1 aliphatic heterocycles. The molecular formula is C19H25N3O2. The van der Waals surface area contributed by atoms with Crippen molar-refractivity contribution in [2.24, 2.45) is 0 Å². The van der Waals surface area contributed by atoms with Gasteiger partial charge in [0.1, 0.15) is 0 Å². The van der Waals surface area contributed by atoms with E-state index in [4.69, 9.17) is 0 Å². The van der Waals surface area contributed by atoms with E-state index in [2.05, 4.69) is 11.4 Å². The van der Waals surface area contributed by atoms with Crippen LogP contribution in [-0.4, -0.2) is 40.8 Å². The third kappa shape index (κ3) is 3.70. The number of nitrogens with one attached hydrogen (secondary N) is 1. The minimum absolute atomic E-state index is 0.0601. The quantitative estimate of drug-likeness (QED) is 0.896. The summed E-state index contributed by atoms with van der Waals surface area (Å²) in [6, 6.07) is 12.2. The molecule has 2 amide bonds. The van der Waals surface area contributed by atoms with Crippen LogP contribution in [0.1, 0.15) is 50.0 Å². The van der Waals surface area contributed by atoms with Crippen LogP contribution in [0, 0.1) is 11.3 Å². The number of amides is 2. The molecule has 1 aromatic carbocycles. The van der Waals surface area contributed by atoms with Crippen LogP contribution in [-0.2, 0) is 0 Å². The van der Waals surface area contributed by atoms with Crippen molar-refractivity contribution in [3.8, 4) is 6.07 Å². The minimum Gasteiger partial charge on any atom is -0.393 e. The second-order valence-corrected chi connectivity index (χ2v) is 6.88. The van der Waals surface area contributed by atoms with E-state index in [0.29, 0.717) is 6.54 Å². The number of rotatable bonds is 3. The summed E-state index contributed by atoms with van der Waals surface area (Å²) >= 11 is 0. The van der Waals surface area contributed by atoms with Crippen LogP contribution in [0.15, 0.2) is 30.3 Å². The average molecular weight is 327 g/mol. The number of hydrogen-bond acceptors (Lipinski definition) is 3. The van der Waals surface area contributed by atoms with Gasteiger partial charge in [0.15, 0.2) is 0 Å². The van der Waals surface area contributed by atoms with Gasteiger partial charge in [-0.3, -0.25) is 0 Å². The Balaban J connectivity index is 1.66. The Bertz CT molecular complexity index is 590. The molecule has 1 aromatic rings. The number of benzene rings is 1. The zero-order valence-electron chi connectivity index (χ0n) is 13.9. The van der Waals surface area contributed by atoms with Crippen molar-refractivity contribution in [1.82, 2.24) is 10.2 Å². The zero-order chi connectivity index (χ0) is 16.9. The SMILES string of the molecule is N#CC(c1ccccc1)C1CCCN1C(=O)NC1CCC(O)CC1. The maximum absolute atomic E-state index is 12.7. The fourth-order valence-electron chi connectivity index (χ4n) is 3.91. The summed E-state index contributed by atoms with van der Waals surface area (Å²) < 4.78 is 0. The number of nitriles is 1. The van der Waals surface area contributed by atoms with Crippen LogP contribution in [0.2, 0.25) is 0 Å². The van der Waals surface area contributed by atoms with Crippen molar-refractivity contribution in [2.75, 3.05) is 6.54 Å². The van der Waals surface area contributed by atoms with Gasteiger partial charge in [0, 0.05) is 12.6 Å². The largest absolute Gasteiger partial charge is 0.393 e. The Hall–Kier alpha value is -2.06. The lowest BCUT2D eigenvalue weighted by Crippen LogP contribution is -2.49. The van der Waals surface area contributed by atoms with Gasteiger partial charge >= 0.3 is 6.03 Å². The number of aliphatic hydroxyl groups is 1. The molecule has 1 heterocycles. The molecule has 0 spiro atoms. The van der Waals surface area contributed by atoms with E-state index in [9.17, 15) is 15.2 Å². The minimum atomic E-state index is -0.285. The summed E-state index contributed by atoms with van der Waals surface area (Å²) in [7, 11) is 0. The molecule has 2 atom stereocenters. The fourth-order valence-corrected chi connectivity index (χ4v) is 3.91. The van der Waals surface area contributed by atoms with Gasteiger partial charge < -0.3 is 15.3 Å². The third-order valence-electron chi connectivity index (χ3n) is 5.27. The van der Waals surface area contributed by atoms with Crippen LogP contribution in [0.3, 0.4) is 0 Å². The molecule has 1 aliphatic carbocycles. The van der Waals surface area contributed by atoms with Crippen molar-refractivity contribution in [3.63, 3.8) is 0 Å². The smallest absolute Gasteiger partial charge is 0.317 e. The van der Waals surface area contributed by atoms with Crippen LogP contribution in [0.5, 0.6) is 0 Å². The first-order valence-electron chi connectivity index (χ1n) is 8.89. The molecule has 0 bridgehead atoms. The summed E-state index contributed by atoms with van der Waals surface area (Å²) in [5.74, 6) is -0.285. The number of carbonyl (C=O) groups excluding carboxylic acids is 1. The Morgan fingerprint density at radius 3 is 2.58 bits per heavy atom. The van der Waals surface area contributed by atoms with Gasteiger partial charge in [-0.2, -0.15) is 5.26 Å². The Labute approximate surface area is 143 Å². The topological polar surface area (TPSA) is 76.4 Å². The summed E-state index contributed by atoms with van der Waals surface area (Å²) in [6.45, 7) is 0.705. The molecule has 1 saturated heterocycles. The van der Waals surface area contributed by atoms with E-state index < -0.39 is 0 Å². The Kier molecular flexibility index (Phi) is 5.37. The molecular weight excluding hydrogens is 302 g/mol. The van der Waals surface area contributed by atoms with Gasteiger partial charge in [-0.15, -0.1) is 0 Å². The van der Waals surface area contributed by atoms with Gasteiger partial charge in [-0.1, -0.05) is 30.3 Å². The van der Waals surface area contributed by atoms with Crippen molar-refractivity contribution < 1.29 is 9.90 Å². The molecule has 128 valence electrons. The lowest BCUT2D eigenvalue weighted by atomic mass is 9.91. The van der Waals surface area contributed by atoms with Crippen molar-refractivity contribution in [1.29, 1.82) is 5.26 Å². The van der Waals surface area contributed by atoms with Crippen LogP contribution in [0.25, 0.3) is 0 Å². The summed E-state index contributed by atoms with van der Waals surface area (Å²) in [5, 5.41) is 22.3. The van der Waals surface area contributed by atoms with Gasteiger partial charge in [0.05, 0.1) is 24.1 Å². The third-order valence-corrected chi connectivity index (χ3v) is 5.27. The molecule has 2 unspecified atom stereocenters. The maximum Gasteiger partial charge on any atom is 0.317 e. The lowest BCUT2D eigenvalue weighted by Gasteiger charge is -2.32. The molecule has 1 saturated carbocycles. The van der Waals surface area contributed by atoms with Crippen LogP contribution in [0.4, 0.5) is 4.79 Å². The van der Waals surface area contributed by atoms with Gasteiger partial charge in [0.2, 0.25) is 0 Å². The van der Waals surface area contributed by atoms with Gasteiger partial charge in [0.25, 0.3) is 0 Å². The number of aliphatic hydroxyl groups excluding tert-OH is 1. The second kappa shape index (κ2) is 7.67. The predicted molar refractivity (Wildman–Crippen MR) is 91.3 cm³/mol. The molecule has 2 N–H and O–H groups in total. The first kappa shape index (κ1) is 16.8. The first-order valence-corrected chi connectivity index (χ1v) is 8.89. The molecule has 2 fully saturated rings. The molecule has 2 aliphatic rings. The summed E-state index contributed by atoms with van der Waals surface area (Å²) in [6.07, 6.45) is 4.73. The molecule has 24 heavy (non-hydrogen) atoms. The van der Waals surface area contributed by atoms with Gasteiger partial charge in [-0.25, -0.2) is 4.79 Å². The van der Waals surface area contributed by atoms with Crippen molar-refractivity contribution in [3.05, 3.63) is 35.9 Å². The van der Waals surface area contributed by atoms with E-state index in [-0.39, 0.29) is 30.1 Å². The molecule has 3 rings (SSSR count). The number of carbonyl (C=O) groups is 1. The lowest BCUT2D eigenvalue weighted by molar-refractivity contribution is 0.114. The van der Waals surface area contributed by atoms with Crippen LogP contribution < -0.4 is 5.32 Å². The highest BCUT2D eigenvalue weighted by Gasteiger charge is 2.36. The Morgan fingerprint density at radius 1 is 1.21 bits per heavy atom. The molecule has 0 radical (unpaired) electrons. The monoisotopic (exact) mass is 327 g/mol. The van der Waals surface area contributed by atoms with Crippen molar-refractivity contribution >= 4 is 6.03 Å². The van der Waals surface area contributed by atoms with E-state index in [1.54, 1.807) is 0 Å². The highest BCUT2D eigenvalue weighted by atomic mass is 16.3. The Morgan fingerprint density at radius 2 is 1.92 bits per heavy atom. The normalized spacial score (nSPS) is 28.2. The second-order valence-electron chi connectivity index (χ2n) is 6.88. The highest BCUT2D eigenvalue weighted by molar-refractivity contribution is 5.75. The number of urea groups is 1. The van der Waals surface area contributed by atoms with E-state index >= 15 is 0 Å². The highest BCUT2D eigenvalue weighted by Crippen LogP contribution is 2.31. The zero-order valence-corrected chi connectivity index (χ0v) is 13.9. The average Bonchev–Trinajstić information content (AvgIpc) is 3.08. The van der Waals surface area contributed by atoms with E-state index in [1.807, 2.05) is 35.2 Å². The fraction of sp³-hybridized carbons (Fsp3) is 0.579. The maximum atomic E-state index is 12.7. The summed E-state index contributed by atoms with van der Waals surface area (Å²) in [5.41, 5.74) is 0.977. The molecule has 5 nitrogen and oxygen atoms in total. The number of hydrogen-bond donors (Lipinski definition) is 2. The van der Waals surface area contributed by atoms with Crippen LogP contribution >= 0.6 is 0 Å². The molecule has 5 heteroatoms. The van der Waals surface area contributed by atoms with Crippen molar-refractivity contribution in [2.45, 2.75) is 62.6 Å². The summed E-state index contributed by atoms with van der Waals surface area (Å²) in [4.78, 5) is 14.5. The number of likely N-dealkylation sites (tertiary alicyclic amines) is 1. The molecule has 0 aromatic heterocycles. The number of nitrogens with zero attached hydrogens (tertiary/aromatic N) is 2. The first-order chi connectivity index (χ1) is 11.7.